The van der Waals surface area contributed by atoms with Gasteiger partial charge < -0.3 is 10.4 Å². The maximum atomic E-state index is 11.8. The summed E-state index contributed by atoms with van der Waals surface area (Å²) in [5.74, 6) is -0.462. The van der Waals surface area contributed by atoms with Gasteiger partial charge in [-0.3, -0.25) is 14.9 Å². The monoisotopic (exact) mass is 316 g/mol. The molecule has 0 aromatic heterocycles. The molecule has 0 aliphatic rings. The third kappa shape index (κ3) is 4.08. The Balaban J connectivity index is 2.82. The van der Waals surface area contributed by atoms with Crippen LogP contribution in [-0.4, -0.2) is 29.1 Å². The molecular weight excluding hydrogens is 304 g/mol. The van der Waals surface area contributed by atoms with E-state index in [2.05, 4.69) is 21.2 Å². The van der Waals surface area contributed by atoms with Crippen LogP contribution >= 0.6 is 15.9 Å². The average Bonchev–Trinajstić information content (AvgIpc) is 2.34. The van der Waals surface area contributed by atoms with Crippen LogP contribution in [0.4, 0.5) is 5.69 Å². The molecule has 0 spiro atoms. The molecule has 0 saturated carbocycles. The Labute approximate surface area is 112 Å². The van der Waals surface area contributed by atoms with E-state index < -0.39 is 10.8 Å². The van der Waals surface area contributed by atoms with Crippen LogP contribution in [0.2, 0.25) is 0 Å². The number of nitrogens with zero attached hydrogens (tertiary/aromatic N) is 1. The molecule has 1 aromatic rings. The molecule has 7 heteroatoms. The number of hydrogen-bond donors (Lipinski definition) is 2. The van der Waals surface area contributed by atoms with E-state index in [9.17, 15) is 14.9 Å². The van der Waals surface area contributed by atoms with Gasteiger partial charge in [0, 0.05) is 35.3 Å². The largest absolute Gasteiger partial charge is 0.396 e. The second kappa shape index (κ2) is 6.46. The predicted octanol–water partition coefficient (Wildman–Crippen LogP) is 1.72. The number of aliphatic hydroxyl groups is 1. The van der Waals surface area contributed by atoms with E-state index in [0.717, 1.165) is 0 Å². The molecule has 0 saturated heterocycles. The first-order valence-corrected chi connectivity index (χ1v) is 6.07. The maximum absolute atomic E-state index is 11.8. The molecule has 0 heterocycles. The highest BCUT2D eigenvalue weighted by molar-refractivity contribution is 9.10. The van der Waals surface area contributed by atoms with Gasteiger partial charge in [0.2, 0.25) is 0 Å². The number of amides is 1. The molecule has 0 fully saturated rings. The molecule has 1 rings (SSSR count). The third-order valence-electron chi connectivity index (χ3n) is 2.28. The van der Waals surface area contributed by atoms with Crippen molar-refractivity contribution < 1.29 is 14.8 Å². The molecule has 1 amide bonds. The summed E-state index contributed by atoms with van der Waals surface area (Å²) >= 11 is 3.12. The minimum Gasteiger partial charge on any atom is -0.396 e. The number of carbonyl (C=O) groups excluding carboxylic acids is 1. The van der Waals surface area contributed by atoms with Crippen LogP contribution in [0, 0.1) is 16.0 Å². The zero-order valence-corrected chi connectivity index (χ0v) is 11.3. The normalized spacial score (nSPS) is 11.9. The van der Waals surface area contributed by atoms with Gasteiger partial charge in [-0.1, -0.05) is 22.9 Å². The highest BCUT2D eigenvalue weighted by Gasteiger charge is 2.14. The smallest absolute Gasteiger partial charge is 0.271 e. The Bertz CT molecular complexity index is 464. The summed E-state index contributed by atoms with van der Waals surface area (Å²) in [6, 6.07) is 4.04. The first-order chi connectivity index (χ1) is 8.43. The lowest BCUT2D eigenvalue weighted by atomic mass is 10.1. The predicted molar refractivity (Wildman–Crippen MR) is 69.4 cm³/mol. The quantitative estimate of drug-likeness (QED) is 0.639. The highest BCUT2D eigenvalue weighted by Crippen LogP contribution is 2.21. The summed E-state index contributed by atoms with van der Waals surface area (Å²) in [7, 11) is 0. The molecule has 6 nitrogen and oxygen atoms in total. The summed E-state index contributed by atoms with van der Waals surface area (Å²) in [6.07, 6.45) is 0. The van der Waals surface area contributed by atoms with E-state index in [1.807, 2.05) is 0 Å². The van der Waals surface area contributed by atoms with Gasteiger partial charge in [0.05, 0.1) is 4.92 Å². The summed E-state index contributed by atoms with van der Waals surface area (Å²) in [6.45, 7) is 2.07. The molecule has 98 valence electrons. The number of carbonyl (C=O) groups is 1. The number of nitrogens with one attached hydrogen (secondary N) is 1. The van der Waals surface area contributed by atoms with Gasteiger partial charge >= 0.3 is 0 Å². The van der Waals surface area contributed by atoms with E-state index in [0.29, 0.717) is 11.0 Å². The van der Waals surface area contributed by atoms with Crippen LogP contribution in [0.25, 0.3) is 0 Å². The fourth-order valence-electron chi connectivity index (χ4n) is 1.24. The van der Waals surface area contributed by atoms with Gasteiger partial charge in [-0.15, -0.1) is 0 Å². The van der Waals surface area contributed by atoms with Crippen molar-refractivity contribution in [2.24, 2.45) is 5.92 Å². The first-order valence-electron chi connectivity index (χ1n) is 5.28. The number of nitro benzene ring substituents is 1. The molecule has 1 atom stereocenters. The summed E-state index contributed by atoms with van der Waals surface area (Å²) in [5, 5.41) is 22.1. The highest BCUT2D eigenvalue weighted by atomic mass is 79.9. The lowest BCUT2D eigenvalue weighted by Crippen LogP contribution is -2.29. The molecule has 0 radical (unpaired) electrons. The van der Waals surface area contributed by atoms with Crippen LogP contribution in [0.3, 0.4) is 0 Å². The van der Waals surface area contributed by atoms with Crippen molar-refractivity contribution in [1.29, 1.82) is 0 Å². The fraction of sp³-hybridized carbons (Fsp3) is 0.364. The van der Waals surface area contributed by atoms with Crippen molar-refractivity contribution in [1.82, 2.24) is 5.32 Å². The third-order valence-corrected chi connectivity index (χ3v) is 2.74. The average molecular weight is 317 g/mol. The molecular formula is C11H13BrN2O4. The first kappa shape index (κ1) is 14.6. The van der Waals surface area contributed by atoms with Crippen molar-refractivity contribution in [2.45, 2.75) is 6.92 Å². The fourth-order valence-corrected chi connectivity index (χ4v) is 1.73. The van der Waals surface area contributed by atoms with E-state index in [-0.39, 0.29) is 23.8 Å². The van der Waals surface area contributed by atoms with Crippen LogP contribution in [0.5, 0.6) is 0 Å². The van der Waals surface area contributed by atoms with E-state index in [1.165, 1.54) is 18.2 Å². The van der Waals surface area contributed by atoms with E-state index in [4.69, 9.17) is 5.11 Å². The summed E-state index contributed by atoms with van der Waals surface area (Å²) < 4.78 is 0.469. The Morgan fingerprint density at radius 3 is 2.78 bits per heavy atom. The lowest BCUT2D eigenvalue weighted by molar-refractivity contribution is -0.385. The van der Waals surface area contributed by atoms with Crippen molar-refractivity contribution in [3.05, 3.63) is 38.3 Å². The standard InChI is InChI=1S/C11H13BrN2O4/c1-7(6-15)5-13-11(16)8-2-9(12)4-10(3-8)14(17)18/h2-4,7,15H,5-6H2,1H3,(H,13,16). The molecule has 1 unspecified atom stereocenters. The van der Waals surface area contributed by atoms with Gasteiger partial charge in [-0.25, -0.2) is 0 Å². The van der Waals surface area contributed by atoms with Crippen molar-refractivity contribution in [2.75, 3.05) is 13.2 Å². The van der Waals surface area contributed by atoms with Gasteiger partial charge in [0.15, 0.2) is 0 Å². The number of hydrogen-bond acceptors (Lipinski definition) is 4. The zero-order valence-electron chi connectivity index (χ0n) is 9.72. The zero-order chi connectivity index (χ0) is 13.7. The second-order valence-corrected chi connectivity index (χ2v) is 4.87. The van der Waals surface area contributed by atoms with Gasteiger partial charge in [-0.2, -0.15) is 0 Å². The summed E-state index contributed by atoms with van der Waals surface area (Å²) in [4.78, 5) is 21.9. The van der Waals surface area contributed by atoms with Crippen LogP contribution in [0.1, 0.15) is 17.3 Å². The Hall–Kier alpha value is -1.47. The number of aliphatic hydroxyl groups excluding tert-OH is 1. The van der Waals surface area contributed by atoms with E-state index >= 15 is 0 Å². The van der Waals surface area contributed by atoms with E-state index in [1.54, 1.807) is 6.92 Å². The van der Waals surface area contributed by atoms with Crippen molar-refractivity contribution in [3.63, 3.8) is 0 Å². The van der Waals surface area contributed by atoms with Crippen LogP contribution in [-0.2, 0) is 0 Å². The number of rotatable bonds is 5. The van der Waals surface area contributed by atoms with Gasteiger partial charge in [-0.05, 0) is 12.0 Å². The van der Waals surface area contributed by atoms with Gasteiger partial charge in [0.1, 0.15) is 0 Å². The topological polar surface area (TPSA) is 92.5 Å². The van der Waals surface area contributed by atoms with Crippen LogP contribution in [0.15, 0.2) is 22.7 Å². The van der Waals surface area contributed by atoms with Crippen molar-refractivity contribution >= 4 is 27.5 Å². The Morgan fingerprint density at radius 2 is 2.22 bits per heavy atom. The molecule has 0 aliphatic carbocycles. The summed E-state index contributed by atoms with van der Waals surface area (Å²) in [5.41, 5.74) is 0.0611. The molecule has 0 bridgehead atoms. The number of benzene rings is 1. The SMILES string of the molecule is CC(CO)CNC(=O)c1cc(Br)cc([N+](=O)[O-])c1. The van der Waals surface area contributed by atoms with Crippen LogP contribution < -0.4 is 5.32 Å². The number of nitro groups is 1. The lowest BCUT2D eigenvalue weighted by Gasteiger charge is -2.09. The minimum atomic E-state index is -0.558. The second-order valence-electron chi connectivity index (χ2n) is 3.95. The van der Waals surface area contributed by atoms with Gasteiger partial charge in [0.25, 0.3) is 11.6 Å². The molecule has 1 aromatic carbocycles. The van der Waals surface area contributed by atoms with Crippen molar-refractivity contribution in [3.8, 4) is 0 Å². The number of halogens is 1. The Morgan fingerprint density at radius 1 is 1.56 bits per heavy atom. The molecule has 0 aliphatic heterocycles. The molecule has 18 heavy (non-hydrogen) atoms. The maximum Gasteiger partial charge on any atom is 0.271 e. The molecule has 2 N–H and O–H groups in total. The minimum absolute atomic E-state index is 0.0289. The number of non-ortho nitro benzene ring substituents is 1. The Kier molecular flexibility index (Phi) is 5.24.